The number of anilines is 1. The van der Waals surface area contributed by atoms with Gasteiger partial charge in [-0.1, -0.05) is 11.6 Å². The summed E-state index contributed by atoms with van der Waals surface area (Å²) in [5.41, 5.74) is 3.69. The van der Waals surface area contributed by atoms with Crippen molar-refractivity contribution in [2.75, 3.05) is 12.3 Å². The molecule has 0 aliphatic carbocycles. The van der Waals surface area contributed by atoms with Crippen LogP contribution in [0.4, 0.5) is 5.82 Å². The lowest BCUT2D eigenvalue weighted by Crippen LogP contribution is -2.39. The normalized spacial score (nSPS) is 31.8. The van der Waals surface area contributed by atoms with Gasteiger partial charge in [-0.05, 0) is 6.92 Å². The fourth-order valence-corrected chi connectivity index (χ4v) is 2.00. The van der Waals surface area contributed by atoms with Gasteiger partial charge in [0, 0.05) is 12.6 Å². The summed E-state index contributed by atoms with van der Waals surface area (Å²) in [5, 5.41) is 19.1. The fourth-order valence-electron chi connectivity index (χ4n) is 1.85. The molecule has 2 heterocycles. The molecule has 3 atom stereocenters. The molecule has 0 amide bonds. The van der Waals surface area contributed by atoms with Gasteiger partial charge in [0.15, 0.2) is 0 Å². The van der Waals surface area contributed by atoms with Gasteiger partial charge in [0.2, 0.25) is 0 Å². The van der Waals surface area contributed by atoms with Crippen LogP contribution in [0.25, 0.3) is 0 Å². The van der Waals surface area contributed by atoms with Crippen LogP contribution < -0.4 is 11.4 Å². The Labute approximate surface area is 108 Å². The number of aliphatic hydroxyl groups excluding tert-OH is 2. The molecule has 7 nitrogen and oxygen atoms in total. The molecule has 100 valence electrons. The highest BCUT2D eigenvalue weighted by Crippen LogP contribution is 2.35. The van der Waals surface area contributed by atoms with Crippen LogP contribution in [-0.4, -0.2) is 38.1 Å². The monoisotopic (exact) mass is 275 g/mol. The number of nitrogens with two attached hydrogens (primary N) is 1. The highest BCUT2D eigenvalue weighted by molar-refractivity contribution is 6.32. The quantitative estimate of drug-likeness (QED) is 0.672. The Morgan fingerprint density at radius 3 is 3.00 bits per heavy atom. The lowest BCUT2D eigenvalue weighted by atomic mass is 10.0. The van der Waals surface area contributed by atoms with E-state index in [1.165, 1.54) is 6.20 Å². The van der Waals surface area contributed by atoms with E-state index in [-0.39, 0.29) is 23.9 Å². The first-order valence-electron chi connectivity index (χ1n) is 5.38. The first-order chi connectivity index (χ1) is 8.37. The van der Waals surface area contributed by atoms with Crippen LogP contribution in [0, 0.1) is 0 Å². The third kappa shape index (κ3) is 2.10. The van der Waals surface area contributed by atoms with Crippen molar-refractivity contribution in [3.05, 3.63) is 21.7 Å². The second kappa shape index (κ2) is 4.51. The van der Waals surface area contributed by atoms with Crippen LogP contribution in [0.15, 0.2) is 11.0 Å². The fraction of sp³-hybridized carbons (Fsp3) is 0.600. The van der Waals surface area contributed by atoms with Crippen LogP contribution in [0.5, 0.6) is 0 Å². The van der Waals surface area contributed by atoms with Gasteiger partial charge in [0.25, 0.3) is 0 Å². The molecular formula is C10H14ClN3O4. The second-order valence-electron chi connectivity index (χ2n) is 4.46. The van der Waals surface area contributed by atoms with E-state index in [2.05, 4.69) is 4.98 Å². The van der Waals surface area contributed by atoms with Crippen molar-refractivity contribution in [2.45, 2.75) is 31.3 Å². The number of halogens is 1. The smallest absolute Gasteiger partial charge is 0.351 e. The van der Waals surface area contributed by atoms with Gasteiger partial charge in [0.05, 0.1) is 17.7 Å². The van der Waals surface area contributed by atoms with E-state index in [1.54, 1.807) is 6.92 Å². The van der Waals surface area contributed by atoms with Crippen LogP contribution in [0.3, 0.4) is 0 Å². The first kappa shape index (κ1) is 13.3. The van der Waals surface area contributed by atoms with Gasteiger partial charge in [-0.25, -0.2) is 4.79 Å². The summed E-state index contributed by atoms with van der Waals surface area (Å²) in [5.74, 6) is -0.0543. The van der Waals surface area contributed by atoms with Gasteiger partial charge in [0.1, 0.15) is 17.6 Å². The average Bonchev–Trinajstić information content (AvgIpc) is 2.61. The Bertz CT molecular complexity index is 520. The van der Waals surface area contributed by atoms with E-state index in [1.807, 2.05) is 0 Å². The van der Waals surface area contributed by atoms with Gasteiger partial charge in [-0.15, -0.1) is 0 Å². The van der Waals surface area contributed by atoms with E-state index in [9.17, 15) is 15.0 Å². The van der Waals surface area contributed by atoms with Gasteiger partial charge in [-0.2, -0.15) is 4.98 Å². The number of ether oxygens (including phenoxy) is 1. The number of nitrogens with zero attached hydrogens (tertiary/aromatic N) is 2. The molecule has 1 fully saturated rings. The molecule has 1 aliphatic heterocycles. The zero-order chi connectivity index (χ0) is 13.5. The van der Waals surface area contributed by atoms with Gasteiger partial charge in [-0.3, -0.25) is 4.57 Å². The minimum Gasteiger partial charge on any atom is -0.393 e. The van der Waals surface area contributed by atoms with E-state index in [4.69, 9.17) is 22.1 Å². The van der Waals surface area contributed by atoms with Crippen molar-refractivity contribution in [3.63, 3.8) is 0 Å². The molecule has 0 saturated carbocycles. The molecule has 1 aliphatic rings. The summed E-state index contributed by atoms with van der Waals surface area (Å²) in [6.07, 6.45) is -0.128. The van der Waals surface area contributed by atoms with Crippen molar-refractivity contribution in [1.82, 2.24) is 9.55 Å². The Hall–Kier alpha value is -1.15. The summed E-state index contributed by atoms with van der Waals surface area (Å²) in [6.45, 7) is 1.21. The molecule has 0 aromatic carbocycles. The van der Waals surface area contributed by atoms with Crippen LogP contribution in [0.2, 0.25) is 5.02 Å². The van der Waals surface area contributed by atoms with Crippen LogP contribution in [0.1, 0.15) is 19.6 Å². The summed E-state index contributed by atoms with van der Waals surface area (Å²) < 4.78 is 6.65. The van der Waals surface area contributed by atoms with Crippen LogP contribution in [-0.2, 0) is 4.74 Å². The number of aromatic nitrogens is 2. The Morgan fingerprint density at radius 2 is 2.44 bits per heavy atom. The number of rotatable bonds is 2. The molecule has 2 rings (SSSR count). The zero-order valence-corrected chi connectivity index (χ0v) is 10.5. The van der Waals surface area contributed by atoms with E-state index in [0.717, 1.165) is 4.57 Å². The van der Waals surface area contributed by atoms with Crippen LogP contribution >= 0.6 is 11.6 Å². The van der Waals surface area contributed by atoms with E-state index >= 15 is 0 Å². The molecule has 0 spiro atoms. The highest BCUT2D eigenvalue weighted by atomic mass is 35.5. The molecular weight excluding hydrogens is 262 g/mol. The minimum atomic E-state index is -1.10. The standard InChI is InChI=1S/C10H14ClN3O4/c1-10(4-15)6(16)2-7(18-10)14-3-5(11)8(12)13-9(14)17/h3,6-7,15-16H,2,4H2,1H3,(H2,12,13,17)/t6-,7+,10+/m0/s1. The maximum Gasteiger partial charge on any atom is 0.351 e. The van der Waals surface area contributed by atoms with Crippen molar-refractivity contribution in [3.8, 4) is 0 Å². The Morgan fingerprint density at radius 1 is 1.78 bits per heavy atom. The van der Waals surface area contributed by atoms with E-state index in [0.29, 0.717) is 0 Å². The molecule has 18 heavy (non-hydrogen) atoms. The van der Waals surface area contributed by atoms with Crippen molar-refractivity contribution in [1.29, 1.82) is 0 Å². The second-order valence-corrected chi connectivity index (χ2v) is 4.87. The van der Waals surface area contributed by atoms with Gasteiger partial charge >= 0.3 is 5.69 Å². The lowest BCUT2D eigenvalue weighted by Gasteiger charge is -2.25. The molecule has 1 aromatic rings. The van der Waals surface area contributed by atoms with Crippen molar-refractivity contribution in [2.24, 2.45) is 0 Å². The zero-order valence-electron chi connectivity index (χ0n) is 9.71. The largest absolute Gasteiger partial charge is 0.393 e. The van der Waals surface area contributed by atoms with Crippen molar-refractivity contribution < 1.29 is 14.9 Å². The first-order valence-corrected chi connectivity index (χ1v) is 5.76. The maximum atomic E-state index is 11.7. The maximum absolute atomic E-state index is 11.7. The molecule has 1 aromatic heterocycles. The lowest BCUT2D eigenvalue weighted by molar-refractivity contribution is -0.116. The Balaban J connectivity index is 2.35. The molecule has 8 heteroatoms. The summed E-state index contributed by atoms with van der Waals surface area (Å²) >= 11 is 5.79. The summed E-state index contributed by atoms with van der Waals surface area (Å²) in [7, 11) is 0. The number of hydrogen-bond acceptors (Lipinski definition) is 6. The SMILES string of the molecule is C[C@]1(CO)O[C@@H](n2cc(Cl)c(N)nc2=O)C[C@@H]1O. The highest BCUT2D eigenvalue weighted by Gasteiger charge is 2.45. The molecule has 0 radical (unpaired) electrons. The third-order valence-electron chi connectivity index (χ3n) is 3.09. The van der Waals surface area contributed by atoms with E-state index < -0.39 is 23.6 Å². The average molecular weight is 276 g/mol. The Kier molecular flexibility index (Phi) is 3.33. The third-order valence-corrected chi connectivity index (χ3v) is 3.38. The number of nitrogen functional groups attached to an aromatic ring is 1. The topological polar surface area (TPSA) is 111 Å². The molecule has 1 saturated heterocycles. The van der Waals surface area contributed by atoms with Crippen molar-refractivity contribution >= 4 is 17.4 Å². The molecule has 0 bridgehead atoms. The predicted octanol–water partition coefficient (Wildman–Crippen LogP) is -0.490. The molecule has 4 N–H and O–H groups in total. The predicted molar refractivity (Wildman–Crippen MR) is 64.2 cm³/mol. The van der Waals surface area contributed by atoms with Gasteiger partial charge < -0.3 is 20.7 Å². The summed E-state index contributed by atoms with van der Waals surface area (Å²) in [4.78, 5) is 15.2. The number of hydrogen-bond donors (Lipinski definition) is 3. The summed E-state index contributed by atoms with van der Waals surface area (Å²) in [6, 6.07) is 0. The number of aliphatic hydroxyl groups is 2. The minimum absolute atomic E-state index is 0.0543. The molecule has 0 unspecified atom stereocenters.